The minimum atomic E-state index is -1.01. The van der Waals surface area contributed by atoms with Crippen LogP contribution in [-0.4, -0.2) is 56.9 Å². The zero-order chi connectivity index (χ0) is 26.6. The van der Waals surface area contributed by atoms with E-state index in [4.69, 9.17) is 14.0 Å². The first-order chi connectivity index (χ1) is 18.4. The third-order valence-corrected chi connectivity index (χ3v) is 6.08. The van der Waals surface area contributed by atoms with Crippen LogP contribution in [0.5, 0.6) is 11.5 Å². The van der Waals surface area contributed by atoms with Gasteiger partial charge in [0.05, 0.1) is 10.5 Å². The predicted octanol–water partition coefficient (Wildman–Crippen LogP) is 2.42. The molecule has 0 atom stereocenters. The molecular formula is C25H21N5O8. The molecule has 1 saturated heterocycles. The first-order valence-corrected chi connectivity index (χ1v) is 11.7. The lowest BCUT2D eigenvalue weighted by atomic mass is 10.0. The summed E-state index contributed by atoms with van der Waals surface area (Å²) in [6.45, 7) is 2.46. The standard InChI is InChI=1S/C25H21N5O8/c31-19-8-9-20(32)37-22-18(30(34)35)7-6-17(21(22)36-19)25-27-23(28-38-25)24(33)26-16-10-12-29(13-11-16)14-15-4-2-1-3-5-15/h1-9,16H,10-14H2,(H,26,33)/b9-8+. The van der Waals surface area contributed by atoms with E-state index in [0.717, 1.165) is 50.7 Å². The van der Waals surface area contributed by atoms with Gasteiger partial charge in [0.25, 0.3) is 23.4 Å². The summed E-state index contributed by atoms with van der Waals surface area (Å²) in [4.78, 5) is 53.8. The van der Waals surface area contributed by atoms with Crippen molar-refractivity contribution in [3.8, 4) is 23.0 Å². The van der Waals surface area contributed by atoms with E-state index in [2.05, 4.69) is 32.5 Å². The molecule has 0 unspecified atom stereocenters. The fraction of sp³-hybridized carbons (Fsp3) is 0.240. The monoisotopic (exact) mass is 519 g/mol. The highest BCUT2D eigenvalue weighted by Gasteiger charge is 2.32. The van der Waals surface area contributed by atoms with Crippen LogP contribution in [-0.2, 0) is 16.1 Å². The first-order valence-electron chi connectivity index (χ1n) is 11.7. The second kappa shape index (κ2) is 10.6. The highest BCUT2D eigenvalue weighted by molar-refractivity contribution is 5.97. The summed E-state index contributed by atoms with van der Waals surface area (Å²) < 4.78 is 15.4. The third-order valence-electron chi connectivity index (χ3n) is 6.08. The molecule has 13 heteroatoms. The third kappa shape index (κ3) is 5.42. The number of nitro benzene ring substituents is 1. The Labute approximate surface area is 215 Å². The fourth-order valence-corrected chi connectivity index (χ4v) is 4.22. The van der Waals surface area contributed by atoms with Crippen molar-refractivity contribution in [3.05, 3.63) is 76.1 Å². The van der Waals surface area contributed by atoms with Gasteiger partial charge in [0, 0.05) is 43.9 Å². The number of nitrogens with zero attached hydrogens (tertiary/aromatic N) is 4. The molecule has 0 aliphatic carbocycles. The molecule has 1 fully saturated rings. The quantitative estimate of drug-likeness (QED) is 0.220. The Morgan fingerprint density at radius 2 is 1.71 bits per heavy atom. The van der Waals surface area contributed by atoms with E-state index in [1.54, 1.807) is 0 Å². The van der Waals surface area contributed by atoms with Crippen LogP contribution in [0.2, 0.25) is 0 Å². The van der Waals surface area contributed by atoms with E-state index in [0.29, 0.717) is 0 Å². The largest absolute Gasteiger partial charge is 0.418 e. The molecule has 2 aliphatic rings. The molecule has 13 nitrogen and oxygen atoms in total. The summed E-state index contributed by atoms with van der Waals surface area (Å²) in [5.41, 5.74) is 0.546. The number of hydrogen-bond acceptors (Lipinski definition) is 11. The predicted molar refractivity (Wildman–Crippen MR) is 129 cm³/mol. The van der Waals surface area contributed by atoms with Gasteiger partial charge in [-0.05, 0) is 24.5 Å². The molecule has 3 aromatic rings. The number of likely N-dealkylation sites (tertiary alicyclic amines) is 1. The maximum Gasteiger partial charge on any atom is 0.336 e. The lowest BCUT2D eigenvalue weighted by molar-refractivity contribution is -0.385. The molecule has 5 rings (SSSR count). The van der Waals surface area contributed by atoms with Crippen molar-refractivity contribution in [1.82, 2.24) is 20.4 Å². The van der Waals surface area contributed by atoms with Crippen molar-refractivity contribution in [3.63, 3.8) is 0 Å². The summed E-state index contributed by atoms with van der Waals surface area (Å²) in [5.74, 6) is -4.12. The minimum absolute atomic E-state index is 0.0668. The van der Waals surface area contributed by atoms with Crippen LogP contribution in [0.25, 0.3) is 11.5 Å². The molecule has 0 radical (unpaired) electrons. The van der Waals surface area contributed by atoms with Crippen molar-refractivity contribution in [2.45, 2.75) is 25.4 Å². The molecule has 3 heterocycles. The molecular weight excluding hydrogens is 498 g/mol. The van der Waals surface area contributed by atoms with E-state index >= 15 is 0 Å². The van der Waals surface area contributed by atoms with Crippen LogP contribution in [0.3, 0.4) is 0 Å². The smallest absolute Gasteiger partial charge is 0.336 e. The van der Waals surface area contributed by atoms with Crippen LogP contribution < -0.4 is 14.8 Å². The molecule has 2 aliphatic heterocycles. The summed E-state index contributed by atoms with van der Waals surface area (Å²) in [6.07, 6.45) is 3.08. The van der Waals surface area contributed by atoms with Crippen molar-refractivity contribution in [2.75, 3.05) is 13.1 Å². The highest BCUT2D eigenvalue weighted by atomic mass is 16.6. The number of carbonyl (C=O) groups is 3. The summed E-state index contributed by atoms with van der Waals surface area (Å²) in [7, 11) is 0. The number of fused-ring (bicyclic) bond motifs is 1. The Bertz CT molecular complexity index is 1430. The molecule has 1 amide bonds. The van der Waals surface area contributed by atoms with Gasteiger partial charge in [-0.1, -0.05) is 35.5 Å². The second-order valence-corrected chi connectivity index (χ2v) is 8.66. The number of rotatable bonds is 6. The highest BCUT2D eigenvalue weighted by Crippen LogP contribution is 2.44. The second-order valence-electron chi connectivity index (χ2n) is 8.66. The number of carbonyl (C=O) groups excluding carboxylic acids is 3. The van der Waals surface area contributed by atoms with E-state index in [-0.39, 0.29) is 23.3 Å². The van der Waals surface area contributed by atoms with Crippen LogP contribution in [0.15, 0.2) is 59.1 Å². The Hall–Kier alpha value is -4.91. The fourth-order valence-electron chi connectivity index (χ4n) is 4.22. The number of nitrogens with one attached hydrogen (secondary N) is 1. The van der Waals surface area contributed by atoms with Gasteiger partial charge in [0.15, 0.2) is 5.75 Å². The Morgan fingerprint density at radius 1 is 1.03 bits per heavy atom. The minimum Gasteiger partial charge on any atom is -0.418 e. The summed E-state index contributed by atoms with van der Waals surface area (Å²) in [6, 6.07) is 12.3. The van der Waals surface area contributed by atoms with E-state index in [1.807, 2.05) is 18.2 Å². The molecule has 194 valence electrons. The van der Waals surface area contributed by atoms with Crippen LogP contribution in [0, 0.1) is 10.1 Å². The van der Waals surface area contributed by atoms with Crippen molar-refractivity contribution >= 4 is 23.5 Å². The van der Waals surface area contributed by atoms with E-state index < -0.39 is 40.0 Å². The van der Waals surface area contributed by atoms with Gasteiger partial charge >= 0.3 is 17.6 Å². The van der Waals surface area contributed by atoms with Crippen LogP contribution in [0.4, 0.5) is 5.69 Å². The first kappa shape index (κ1) is 24.8. The van der Waals surface area contributed by atoms with Gasteiger partial charge in [-0.15, -0.1) is 0 Å². The molecule has 0 saturated carbocycles. The molecule has 0 bridgehead atoms. The summed E-state index contributed by atoms with van der Waals surface area (Å²) in [5, 5.41) is 18.1. The molecule has 1 aromatic heterocycles. The molecule has 2 aromatic carbocycles. The Kier molecular flexibility index (Phi) is 6.91. The van der Waals surface area contributed by atoms with Crippen molar-refractivity contribution < 1.29 is 33.3 Å². The molecule has 1 N–H and O–H groups in total. The number of piperidine rings is 1. The lowest BCUT2D eigenvalue weighted by Gasteiger charge is -2.32. The average Bonchev–Trinajstić information content (AvgIpc) is 3.39. The zero-order valence-electron chi connectivity index (χ0n) is 19.9. The van der Waals surface area contributed by atoms with Crippen molar-refractivity contribution in [2.24, 2.45) is 0 Å². The van der Waals surface area contributed by atoms with Gasteiger partial charge < -0.3 is 19.3 Å². The number of nitro groups is 1. The average molecular weight is 519 g/mol. The van der Waals surface area contributed by atoms with E-state index in [9.17, 15) is 24.5 Å². The number of benzene rings is 2. The maximum atomic E-state index is 12.8. The van der Waals surface area contributed by atoms with Gasteiger partial charge in [-0.3, -0.25) is 19.8 Å². The summed E-state index contributed by atoms with van der Waals surface area (Å²) >= 11 is 0. The van der Waals surface area contributed by atoms with Crippen LogP contribution in [0.1, 0.15) is 29.0 Å². The SMILES string of the molecule is O=C1/C=C/C(=O)Oc2c([N+](=O)[O-])ccc(-c3nc(C(=O)NC4CCN(Cc5ccccc5)CC4)no3)c2O1. The van der Waals surface area contributed by atoms with E-state index in [1.165, 1.54) is 11.6 Å². The topological polar surface area (TPSA) is 167 Å². The zero-order valence-corrected chi connectivity index (χ0v) is 19.9. The number of esters is 2. The van der Waals surface area contributed by atoms with Gasteiger partial charge in [0.2, 0.25) is 0 Å². The Morgan fingerprint density at radius 3 is 2.39 bits per heavy atom. The van der Waals surface area contributed by atoms with Gasteiger partial charge in [0.1, 0.15) is 0 Å². The number of amides is 1. The van der Waals surface area contributed by atoms with Crippen LogP contribution >= 0.6 is 0 Å². The maximum absolute atomic E-state index is 12.8. The Balaban J connectivity index is 1.29. The molecule has 38 heavy (non-hydrogen) atoms. The number of hydrogen-bond donors (Lipinski definition) is 1. The van der Waals surface area contributed by atoms with Gasteiger partial charge in [-0.2, -0.15) is 4.98 Å². The number of ether oxygens (including phenoxy) is 2. The van der Waals surface area contributed by atoms with Gasteiger partial charge in [-0.25, -0.2) is 9.59 Å². The van der Waals surface area contributed by atoms with Crippen molar-refractivity contribution in [1.29, 1.82) is 0 Å². The normalized spacial score (nSPS) is 16.9. The lowest BCUT2D eigenvalue weighted by Crippen LogP contribution is -2.44. The molecule has 0 spiro atoms. The number of aromatic nitrogens is 2.